The third-order valence-electron chi connectivity index (χ3n) is 2.06. The molecule has 1 unspecified atom stereocenters. The minimum absolute atomic E-state index is 0.125. The molecule has 1 aromatic carbocycles. The quantitative estimate of drug-likeness (QED) is 0.569. The molecule has 0 amide bonds. The second-order valence-electron chi connectivity index (χ2n) is 3.01. The van der Waals surface area contributed by atoms with E-state index < -0.39 is 17.5 Å². The molecule has 1 atom stereocenters. The first-order valence-electron chi connectivity index (χ1n) is 4.32. The van der Waals surface area contributed by atoms with Crippen LogP contribution in [0.4, 0.5) is 10.1 Å². The molecule has 5 heteroatoms. The second kappa shape index (κ2) is 4.72. The summed E-state index contributed by atoms with van der Waals surface area (Å²) in [5.41, 5.74) is 0.0412. The topological polar surface area (TPSA) is 52.4 Å². The van der Waals surface area contributed by atoms with Crippen LogP contribution in [0.2, 0.25) is 0 Å². The molecule has 0 saturated heterocycles. The van der Waals surface area contributed by atoms with Crippen molar-refractivity contribution in [2.45, 2.75) is 5.92 Å². The Hall–Kier alpha value is -1.65. The van der Waals surface area contributed by atoms with Crippen LogP contribution < -0.4 is 4.74 Å². The molecule has 0 fully saturated rings. The average molecular weight is 212 g/mol. The Morgan fingerprint density at radius 1 is 1.67 bits per heavy atom. The Bertz CT molecular complexity index is 368. The highest BCUT2D eigenvalue weighted by Gasteiger charge is 2.23. The molecular weight excluding hydrogens is 201 g/mol. The number of alkyl halides is 1. The van der Waals surface area contributed by atoms with Crippen molar-refractivity contribution in [2.24, 2.45) is 0 Å². The predicted molar refractivity (Wildman–Crippen MR) is 53.7 cm³/mol. The summed E-state index contributed by atoms with van der Waals surface area (Å²) in [6.45, 7) is 2.77. The SMILES string of the molecule is [CH2]C(CF)c1cccc(OC)c1[N+](=O)[O-]. The zero-order chi connectivity index (χ0) is 11.4. The van der Waals surface area contributed by atoms with Gasteiger partial charge >= 0.3 is 5.69 Å². The molecule has 0 spiro atoms. The fraction of sp³-hybridized carbons (Fsp3) is 0.300. The number of rotatable bonds is 4. The van der Waals surface area contributed by atoms with Gasteiger partial charge in [-0.25, -0.2) is 0 Å². The fourth-order valence-corrected chi connectivity index (χ4v) is 1.31. The van der Waals surface area contributed by atoms with Crippen LogP contribution in [0.25, 0.3) is 0 Å². The molecule has 0 aliphatic heterocycles. The Morgan fingerprint density at radius 2 is 2.33 bits per heavy atom. The lowest BCUT2D eigenvalue weighted by molar-refractivity contribution is -0.386. The van der Waals surface area contributed by atoms with Crippen molar-refractivity contribution in [3.8, 4) is 5.75 Å². The molecule has 1 radical (unpaired) electrons. The number of hydrogen-bond acceptors (Lipinski definition) is 3. The van der Waals surface area contributed by atoms with Gasteiger partial charge in [0.1, 0.15) is 0 Å². The Kier molecular flexibility index (Phi) is 3.60. The summed E-state index contributed by atoms with van der Waals surface area (Å²) in [6, 6.07) is 4.53. The minimum atomic E-state index is -0.750. The number of nitrogens with zero attached hydrogens (tertiary/aromatic N) is 1. The number of ether oxygens (including phenoxy) is 1. The van der Waals surface area contributed by atoms with E-state index >= 15 is 0 Å². The van der Waals surface area contributed by atoms with Crippen molar-refractivity contribution in [2.75, 3.05) is 13.8 Å². The first-order valence-corrected chi connectivity index (χ1v) is 4.32. The smallest absolute Gasteiger partial charge is 0.314 e. The van der Waals surface area contributed by atoms with Crippen molar-refractivity contribution in [3.63, 3.8) is 0 Å². The van der Waals surface area contributed by atoms with Crippen LogP contribution in [0.15, 0.2) is 18.2 Å². The molecule has 1 aromatic rings. The van der Waals surface area contributed by atoms with E-state index in [9.17, 15) is 14.5 Å². The van der Waals surface area contributed by atoms with Crippen LogP contribution in [0.3, 0.4) is 0 Å². The molecule has 0 aliphatic carbocycles. The lowest BCUT2D eigenvalue weighted by Gasteiger charge is -2.10. The normalized spacial score (nSPS) is 12.2. The molecule has 0 heterocycles. The molecular formula is C10H11FNO3. The number of nitro benzene ring substituents is 1. The number of hydrogen-bond donors (Lipinski definition) is 0. The molecule has 0 aliphatic rings. The highest BCUT2D eigenvalue weighted by atomic mass is 19.1. The average Bonchev–Trinajstić information content (AvgIpc) is 2.26. The Morgan fingerprint density at radius 3 is 2.80 bits per heavy atom. The van der Waals surface area contributed by atoms with Crippen molar-refractivity contribution >= 4 is 5.69 Å². The third-order valence-corrected chi connectivity index (χ3v) is 2.06. The fourth-order valence-electron chi connectivity index (χ4n) is 1.31. The maximum absolute atomic E-state index is 12.4. The molecule has 1 rings (SSSR count). The summed E-state index contributed by atoms with van der Waals surface area (Å²) in [5.74, 6) is -0.625. The van der Waals surface area contributed by atoms with Gasteiger partial charge in [-0.1, -0.05) is 12.1 Å². The van der Waals surface area contributed by atoms with E-state index in [1.807, 2.05) is 0 Å². The highest BCUT2D eigenvalue weighted by Crippen LogP contribution is 2.34. The van der Waals surface area contributed by atoms with E-state index in [-0.39, 0.29) is 17.0 Å². The van der Waals surface area contributed by atoms with Crippen molar-refractivity contribution in [3.05, 3.63) is 40.8 Å². The number of benzene rings is 1. The van der Waals surface area contributed by atoms with Gasteiger partial charge in [-0.05, 0) is 13.0 Å². The van der Waals surface area contributed by atoms with E-state index in [1.54, 1.807) is 6.07 Å². The van der Waals surface area contributed by atoms with Crippen molar-refractivity contribution in [1.82, 2.24) is 0 Å². The zero-order valence-corrected chi connectivity index (χ0v) is 8.27. The minimum Gasteiger partial charge on any atom is -0.490 e. The van der Waals surface area contributed by atoms with E-state index in [4.69, 9.17) is 4.74 Å². The summed E-state index contributed by atoms with van der Waals surface area (Å²) >= 11 is 0. The molecule has 15 heavy (non-hydrogen) atoms. The van der Waals surface area contributed by atoms with Gasteiger partial charge in [-0.3, -0.25) is 14.5 Å². The molecule has 0 saturated carbocycles. The first-order chi connectivity index (χ1) is 7.11. The van der Waals surface area contributed by atoms with Gasteiger partial charge in [-0.15, -0.1) is 0 Å². The molecule has 81 valence electrons. The lowest BCUT2D eigenvalue weighted by atomic mass is 10.0. The maximum atomic E-state index is 12.4. The molecule has 0 aromatic heterocycles. The van der Waals surface area contributed by atoms with Gasteiger partial charge in [0, 0.05) is 11.5 Å². The monoisotopic (exact) mass is 212 g/mol. The van der Waals surface area contributed by atoms with Gasteiger partial charge < -0.3 is 4.74 Å². The maximum Gasteiger partial charge on any atom is 0.314 e. The van der Waals surface area contributed by atoms with Crippen LogP contribution in [0, 0.1) is 17.0 Å². The summed E-state index contributed by atoms with van der Waals surface area (Å²) in [7, 11) is 1.33. The number of halogens is 1. The lowest BCUT2D eigenvalue weighted by Crippen LogP contribution is -2.03. The first kappa shape index (κ1) is 11.4. The van der Waals surface area contributed by atoms with Crippen molar-refractivity contribution in [1.29, 1.82) is 0 Å². The standard InChI is InChI=1S/C10H11FNO3/c1-7(6-11)8-4-3-5-9(15-2)10(8)12(13)14/h3-5,7H,1,6H2,2H3. The number of nitro groups is 1. The van der Waals surface area contributed by atoms with Crippen LogP contribution in [0.5, 0.6) is 5.75 Å². The Balaban J connectivity index is 3.31. The number of methoxy groups -OCH3 is 1. The summed E-state index contributed by atoms with van der Waals surface area (Å²) < 4.78 is 17.3. The molecule has 0 N–H and O–H groups in total. The van der Waals surface area contributed by atoms with Gasteiger partial charge in [0.25, 0.3) is 0 Å². The van der Waals surface area contributed by atoms with Gasteiger partial charge in [0.15, 0.2) is 5.75 Å². The van der Waals surface area contributed by atoms with E-state index in [0.717, 1.165) is 0 Å². The van der Waals surface area contributed by atoms with Crippen molar-refractivity contribution < 1.29 is 14.1 Å². The molecule has 4 nitrogen and oxygen atoms in total. The highest BCUT2D eigenvalue weighted by molar-refractivity contribution is 5.54. The second-order valence-corrected chi connectivity index (χ2v) is 3.01. The van der Waals surface area contributed by atoms with Crippen LogP contribution in [-0.4, -0.2) is 18.7 Å². The molecule has 0 bridgehead atoms. The van der Waals surface area contributed by atoms with Crippen LogP contribution in [0.1, 0.15) is 11.5 Å². The third kappa shape index (κ3) is 2.23. The Labute approximate surface area is 86.8 Å². The van der Waals surface area contributed by atoms with Gasteiger partial charge in [-0.2, -0.15) is 0 Å². The van der Waals surface area contributed by atoms with E-state index in [1.165, 1.54) is 19.2 Å². The van der Waals surface area contributed by atoms with Crippen LogP contribution >= 0.6 is 0 Å². The number of para-hydroxylation sites is 1. The van der Waals surface area contributed by atoms with Crippen LogP contribution in [-0.2, 0) is 0 Å². The largest absolute Gasteiger partial charge is 0.490 e. The van der Waals surface area contributed by atoms with E-state index in [0.29, 0.717) is 0 Å². The zero-order valence-electron chi connectivity index (χ0n) is 8.27. The summed E-state index contributed by atoms with van der Waals surface area (Å²) in [4.78, 5) is 10.2. The van der Waals surface area contributed by atoms with E-state index in [2.05, 4.69) is 6.92 Å². The summed E-state index contributed by atoms with van der Waals surface area (Å²) in [6.07, 6.45) is 0. The van der Waals surface area contributed by atoms with Gasteiger partial charge in [0.2, 0.25) is 0 Å². The predicted octanol–water partition coefficient (Wildman–Crippen LogP) is 2.49. The summed E-state index contributed by atoms with van der Waals surface area (Å²) in [5, 5.41) is 10.8. The van der Waals surface area contributed by atoms with Gasteiger partial charge in [0.05, 0.1) is 18.7 Å².